The Morgan fingerprint density at radius 1 is 1.14 bits per heavy atom. The maximum Gasteiger partial charge on any atom is 0.408 e. The number of guanidine groups is 1. The van der Waals surface area contributed by atoms with Crippen LogP contribution in [0.4, 0.5) is 10.5 Å². The fourth-order valence-electron chi connectivity index (χ4n) is 2.16. The van der Waals surface area contributed by atoms with Gasteiger partial charge in [0.15, 0.2) is 5.96 Å². The molecule has 0 aromatic heterocycles. The lowest BCUT2D eigenvalue weighted by atomic mass is 10.1. The normalized spacial score (nSPS) is 11.9. The van der Waals surface area contributed by atoms with Gasteiger partial charge in [-0.05, 0) is 47.1 Å². The number of aliphatic imine (C=N–C) groups is 1. The lowest BCUT2D eigenvalue weighted by molar-refractivity contribution is -0.384. The average Bonchev–Trinajstić information content (AvgIpc) is 2.55. The van der Waals surface area contributed by atoms with E-state index in [0.717, 1.165) is 5.56 Å². The third-order valence-electron chi connectivity index (χ3n) is 3.45. The molecule has 10 heteroatoms. The Hall–Kier alpha value is -2.11. The smallest absolute Gasteiger partial charge is 0.408 e. The van der Waals surface area contributed by atoms with E-state index in [1.807, 2.05) is 41.5 Å². The Balaban J connectivity index is 0.00000784. The number of hydrogen-bond acceptors (Lipinski definition) is 5. The van der Waals surface area contributed by atoms with Gasteiger partial charge in [-0.2, -0.15) is 0 Å². The van der Waals surface area contributed by atoms with Crippen LogP contribution in [-0.4, -0.2) is 41.2 Å². The van der Waals surface area contributed by atoms with Crippen molar-refractivity contribution in [3.05, 3.63) is 39.9 Å². The summed E-state index contributed by atoms with van der Waals surface area (Å²) in [5.74, 6) is 0.583. The molecule has 0 bridgehead atoms. The van der Waals surface area contributed by atoms with E-state index in [0.29, 0.717) is 25.6 Å². The van der Waals surface area contributed by atoms with Crippen LogP contribution in [0.2, 0.25) is 0 Å². The molecule has 1 rings (SSSR count). The highest BCUT2D eigenvalue weighted by Crippen LogP contribution is 2.12. The number of amides is 1. The zero-order valence-electron chi connectivity index (χ0n) is 17.9. The van der Waals surface area contributed by atoms with Crippen LogP contribution >= 0.6 is 24.0 Å². The topological polar surface area (TPSA) is 118 Å². The zero-order chi connectivity index (χ0) is 21.4. The van der Waals surface area contributed by atoms with Gasteiger partial charge in [0.2, 0.25) is 0 Å². The molecule has 0 aliphatic heterocycles. The number of ether oxygens (including phenoxy) is 1. The first kappa shape index (κ1) is 26.9. The summed E-state index contributed by atoms with van der Waals surface area (Å²) >= 11 is 0. The van der Waals surface area contributed by atoms with Crippen LogP contribution in [0, 0.1) is 10.1 Å². The molecule has 0 saturated heterocycles. The van der Waals surface area contributed by atoms with Crippen molar-refractivity contribution in [3.63, 3.8) is 0 Å². The van der Waals surface area contributed by atoms with Gasteiger partial charge in [-0.3, -0.25) is 10.1 Å². The fraction of sp³-hybridized carbons (Fsp3) is 0.579. The molecule has 0 saturated carbocycles. The van der Waals surface area contributed by atoms with Gasteiger partial charge in [0.05, 0.1) is 17.0 Å². The minimum atomic E-state index is -0.564. The molecule has 0 spiro atoms. The van der Waals surface area contributed by atoms with Gasteiger partial charge in [-0.25, -0.2) is 9.79 Å². The van der Waals surface area contributed by atoms with Gasteiger partial charge in [-0.15, -0.1) is 24.0 Å². The molecule has 0 radical (unpaired) electrons. The van der Waals surface area contributed by atoms with Gasteiger partial charge >= 0.3 is 6.09 Å². The maximum absolute atomic E-state index is 12.0. The largest absolute Gasteiger partial charge is 0.444 e. The predicted octanol–water partition coefficient (Wildman–Crippen LogP) is 3.57. The van der Waals surface area contributed by atoms with Gasteiger partial charge in [0, 0.05) is 25.2 Å². The minimum absolute atomic E-state index is 0. The van der Waals surface area contributed by atoms with Crippen molar-refractivity contribution in [3.8, 4) is 0 Å². The molecular formula is C19H32IN5O4. The average molecular weight is 521 g/mol. The van der Waals surface area contributed by atoms with Crippen LogP contribution in [0.5, 0.6) is 0 Å². The number of benzene rings is 1. The molecule has 1 aromatic carbocycles. The van der Waals surface area contributed by atoms with E-state index in [-0.39, 0.29) is 29.7 Å². The molecule has 0 fully saturated rings. The molecule has 0 heterocycles. The first-order valence-electron chi connectivity index (χ1n) is 9.18. The summed E-state index contributed by atoms with van der Waals surface area (Å²) in [6, 6.07) is 6.27. The molecule has 1 aromatic rings. The van der Waals surface area contributed by atoms with Crippen LogP contribution < -0.4 is 16.0 Å². The number of nitro groups is 1. The SMILES string of the molecule is CCNC(=NCc1ccc([N+](=O)[O-])cc1)NCC(C)(C)NC(=O)OC(C)(C)C.I. The lowest BCUT2D eigenvalue weighted by Crippen LogP contribution is -2.54. The van der Waals surface area contributed by atoms with E-state index in [1.54, 1.807) is 12.1 Å². The van der Waals surface area contributed by atoms with Crippen molar-refractivity contribution in [1.82, 2.24) is 16.0 Å². The zero-order valence-corrected chi connectivity index (χ0v) is 20.2. The Morgan fingerprint density at radius 2 is 1.72 bits per heavy atom. The van der Waals surface area contributed by atoms with E-state index >= 15 is 0 Å². The van der Waals surface area contributed by atoms with Crippen molar-refractivity contribution in [1.29, 1.82) is 0 Å². The Morgan fingerprint density at radius 3 is 2.21 bits per heavy atom. The van der Waals surface area contributed by atoms with Gasteiger partial charge < -0.3 is 20.7 Å². The number of non-ortho nitro benzene ring substituents is 1. The number of halogens is 1. The van der Waals surface area contributed by atoms with Gasteiger partial charge in [0.25, 0.3) is 5.69 Å². The number of rotatable bonds is 7. The second-order valence-corrected chi connectivity index (χ2v) is 7.98. The summed E-state index contributed by atoms with van der Waals surface area (Å²) in [6.45, 7) is 12.6. The molecule has 29 heavy (non-hydrogen) atoms. The molecule has 0 aliphatic rings. The van der Waals surface area contributed by atoms with Crippen LogP contribution in [0.15, 0.2) is 29.3 Å². The summed E-state index contributed by atoms with van der Waals surface area (Å²) < 4.78 is 5.29. The van der Waals surface area contributed by atoms with E-state index in [1.165, 1.54) is 12.1 Å². The monoisotopic (exact) mass is 521 g/mol. The highest BCUT2D eigenvalue weighted by atomic mass is 127. The molecule has 9 nitrogen and oxygen atoms in total. The number of hydrogen-bond donors (Lipinski definition) is 3. The summed E-state index contributed by atoms with van der Waals surface area (Å²) in [4.78, 5) is 26.7. The summed E-state index contributed by atoms with van der Waals surface area (Å²) in [7, 11) is 0. The number of carbonyl (C=O) groups is 1. The maximum atomic E-state index is 12.0. The molecule has 0 unspecified atom stereocenters. The molecule has 0 atom stereocenters. The Labute approximate surface area is 189 Å². The second kappa shape index (κ2) is 11.8. The third kappa shape index (κ3) is 11.5. The first-order chi connectivity index (χ1) is 12.9. The highest BCUT2D eigenvalue weighted by Gasteiger charge is 2.24. The summed E-state index contributed by atoms with van der Waals surface area (Å²) in [5, 5.41) is 19.9. The number of alkyl carbamates (subject to hydrolysis) is 1. The van der Waals surface area contributed by atoms with E-state index in [2.05, 4.69) is 20.9 Å². The van der Waals surface area contributed by atoms with Gasteiger partial charge in [0.1, 0.15) is 5.60 Å². The van der Waals surface area contributed by atoms with E-state index < -0.39 is 22.2 Å². The lowest BCUT2D eigenvalue weighted by Gasteiger charge is -2.29. The third-order valence-corrected chi connectivity index (χ3v) is 3.45. The van der Waals surface area contributed by atoms with Crippen LogP contribution in [-0.2, 0) is 11.3 Å². The van der Waals surface area contributed by atoms with Crippen molar-refractivity contribution in [2.45, 2.75) is 59.2 Å². The molecule has 1 amide bonds. The number of carbonyl (C=O) groups excluding carboxylic acids is 1. The van der Waals surface area contributed by atoms with E-state index in [4.69, 9.17) is 4.74 Å². The molecule has 164 valence electrons. The van der Waals surface area contributed by atoms with Crippen molar-refractivity contribution >= 4 is 41.7 Å². The Kier molecular flexibility index (Phi) is 10.9. The summed E-state index contributed by atoms with van der Waals surface area (Å²) in [6.07, 6.45) is -0.480. The van der Waals surface area contributed by atoms with Crippen LogP contribution in [0.3, 0.4) is 0 Å². The van der Waals surface area contributed by atoms with Crippen LogP contribution in [0.1, 0.15) is 47.1 Å². The van der Waals surface area contributed by atoms with Crippen molar-refractivity contribution in [2.75, 3.05) is 13.1 Å². The predicted molar refractivity (Wildman–Crippen MR) is 125 cm³/mol. The van der Waals surface area contributed by atoms with Crippen molar-refractivity contribution in [2.24, 2.45) is 4.99 Å². The van der Waals surface area contributed by atoms with Gasteiger partial charge in [-0.1, -0.05) is 12.1 Å². The number of nitro benzene ring substituents is 1. The molecular weight excluding hydrogens is 489 g/mol. The molecule has 0 aliphatic carbocycles. The standard InChI is InChI=1S/C19H31N5O4.HI/c1-7-20-16(21-12-14-8-10-15(11-9-14)24(26)27)22-13-19(5,6)23-17(25)28-18(2,3)4;/h8-11H,7,12-13H2,1-6H3,(H,23,25)(H2,20,21,22);1H. The fourth-order valence-corrected chi connectivity index (χ4v) is 2.16. The number of nitrogens with zero attached hydrogens (tertiary/aromatic N) is 2. The molecule has 3 N–H and O–H groups in total. The van der Waals surface area contributed by atoms with Crippen LogP contribution in [0.25, 0.3) is 0 Å². The minimum Gasteiger partial charge on any atom is -0.444 e. The van der Waals surface area contributed by atoms with Crippen molar-refractivity contribution < 1.29 is 14.5 Å². The van der Waals surface area contributed by atoms with E-state index in [9.17, 15) is 14.9 Å². The second-order valence-electron chi connectivity index (χ2n) is 7.98. The number of nitrogens with one attached hydrogen (secondary N) is 3. The summed E-state index contributed by atoms with van der Waals surface area (Å²) in [5.41, 5.74) is -0.220. The highest BCUT2D eigenvalue weighted by molar-refractivity contribution is 14.0. The quantitative estimate of drug-likeness (QED) is 0.166. The first-order valence-corrected chi connectivity index (χ1v) is 9.18. The Bertz CT molecular complexity index is 700.